The van der Waals surface area contributed by atoms with Gasteiger partial charge in [-0.15, -0.1) is 10.2 Å². The Labute approximate surface area is 159 Å². The summed E-state index contributed by atoms with van der Waals surface area (Å²) in [4.78, 5) is 4.71. The van der Waals surface area contributed by atoms with Gasteiger partial charge in [0.1, 0.15) is 5.75 Å². The van der Waals surface area contributed by atoms with Gasteiger partial charge in [0.05, 0.1) is 19.3 Å². The van der Waals surface area contributed by atoms with Crippen molar-refractivity contribution in [2.75, 3.05) is 38.2 Å². The summed E-state index contributed by atoms with van der Waals surface area (Å²) in [7, 11) is 1.72. The molecule has 0 spiro atoms. The van der Waals surface area contributed by atoms with Gasteiger partial charge < -0.3 is 14.1 Å². The summed E-state index contributed by atoms with van der Waals surface area (Å²) in [5, 5.41) is 8.44. The zero-order valence-electron chi connectivity index (χ0n) is 15.8. The van der Waals surface area contributed by atoms with E-state index in [0.29, 0.717) is 18.3 Å². The van der Waals surface area contributed by atoms with Crippen molar-refractivity contribution in [3.8, 4) is 17.2 Å². The van der Waals surface area contributed by atoms with E-state index in [1.165, 1.54) is 5.56 Å². The molecule has 6 nitrogen and oxygen atoms in total. The fourth-order valence-electron chi connectivity index (χ4n) is 3.44. The quantitative estimate of drug-likeness (QED) is 0.692. The lowest BCUT2D eigenvalue weighted by molar-refractivity contribution is 0.226. The van der Waals surface area contributed by atoms with Crippen LogP contribution in [0, 0.1) is 6.92 Å². The molecule has 0 aliphatic carbocycles. The van der Waals surface area contributed by atoms with Gasteiger partial charge in [-0.05, 0) is 31.2 Å². The van der Waals surface area contributed by atoms with Crippen LogP contribution in [-0.2, 0) is 6.54 Å². The minimum atomic E-state index is 0.585. The molecule has 0 amide bonds. The first-order valence-electron chi connectivity index (χ1n) is 9.22. The molecule has 1 aliphatic rings. The normalized spacial score (nSPS) is 15.1. The number of nitrogens with zero attached hydrogens (tertiary/aromatic N) is 4. The zero-order chi connectivity index (χ0) is 18.6. The third-order valence-electron chi connectivity index (χ3n) is 4.89. The first kappa shape index (κ1) is 17.5. The van der Waals surface area contributed by atoms with Crippen LogP contribution in [0.3, 0.4) is 0 Å². The molecule has 140 valence electrons. The van der Waals surface area contributed by atoms with Crippen molar-refractivity contribution in [3.05, 3.63) is 60.0 Å². The molecule has 27 heavy (non-hydrogen) atoms. The maximum atomic E-state index is 5.88. The van der Waals surface area contributed by atoms with E-state index in [1.54, 1.807) is 7.11 Å². The highest BCUT2D eigenvalue weighted by Crippen LogP contribution is 2.28. The van der Waals surface area contributed by atoms with Gasteiger partial charge in [0, 0.05) is 31.7 Å². The lowest BCUT2D eigenvalue weighted by Gasteiger charge is -2.35. The molecule has 2 heterocycles. The van der Waals surface area contributed by atoms with Gasteiger partial charge in [-0.1, -0.05) is 29.8 Å². The SMILES string of the molecule is COc1ccccc1N1CCN(Cc2nnc(-c3cccc(C)c3)o2)CC1. The van der Waals surface area contributed by atoms with E-state index in [9.17, 15) is 0 Å². The van der Waals surface area contributed by atoms with Gasteiger partial charge >= 0.3 is 0 Å². The standard InChI is InChI=1S/C21H24N4O2/c1-16-6-5-7-17(14-16)21-23-22-20(27-21)15-24-10-12-25(13-11-24)18-8-3-4-9-19(18)26-2/h3-9,14H,10-13,15H2,1-2H3. The first-order chi connectivity index (χ1) is 13.2. The van der Waals surface area contributed by atoms with Gasteiger partial charge in [0.15, 0.2) is 0 Å². The molecule has 1 fully saturated rings. The van der Waals surface area contributed by atoms with Crippen LogP contribution in [0.2, 0.25) is 0 Å². The highest BCUT2D eigenvalue weighted by atomic mass is 16.5. The molecule has 6 heteroatoms. The van der Waals surface area contributed by atoms with Crippen molar-refractivity contribution in [2.45, 2.75) is 13.5 Å². The number of methoxy groups -OCH3 is 1. The molecule has 1 aliphatic heterocycles. The molecule has 4 rings (SSSR count). The highest BCUT2D eigenvalue weighted by Gasteiger charge is 2.21. The number of aryl methyl sites for hydroxylation is 1. The van der Waals surface area contributed by atoms with E-state index in [4.69, 9.17) is 9.15 Å². The minimum absolute atomic E-state index is 0.585. The van der Waals surface area contributed by atoms with E-state index in [-0.39, 0.29) is 0 Å². The van der Waals surface area contributed by atoms with E-state index in [1.807, 2.05) is 24.3 Å². The van der Waals surface area contributed by atoms with Gasteiger partial charge in [-0.2, -0.15) is 0 Å². The summed E-state index contributed by atoms with van der Waals surface area (Å²) in [6.45, 7) is 6.51. The zero-order valence-corrected chi connectivity index (χ0v) is 15.8. The summed E-state index contributed by atoms with van der Waals surface area (Å²) < 4.78 is 11.4. The Bertz CT molecular complexity index is 900. The van der Waals surface area contributed by atoms with Crippen molar-refractivity contribution in [1.29, 1.82) is 0 Å². The van der Waals surface area contributed by atoms with Gasteiger partial charge in [-0.3, -0.25) is 4.90 Å². The van der Waals surface area contributed by atoms with Crippen molar-refractivity contribution in [2.24, 2.45) is 0 Å². The predicted octanol–water partition coefficient (Wildman–Crippen LogP) is 3.38. The average Bonchev–Trinajstić information content (AvgIpc) is 3.17. The molecule has 0 atom stereocenters. The van der Waals surface area contributed by atoms with Crippen LogP contribution in [-0.4, -0.2) is 48.4 Å². The maximum Gasteiger partial charge on any atom is 0.247 e. The summed E-state index contributed by atoms with van der Waals surface area (Å²) in [6.07, 6.45) is 0. The molecule has 1 aromatic heterocycles. The molecule has 3 aromatic rings. The molecule has 2 aromatic carbocycles. The van der Waals surface area contributed by atoms with E-state index < -0.39 is 0 Å². The molecule has 0 unspecified atom stereocenters. The van der Waals surface area contributed by atoms with Crippen LogP contribution in [0.15, 0.2) is 52.9 Å². The molecular formula is C21H24N4O2. The third-order valence-corrected chi connectivity index (χ3v) is 4.89. The second-order valence-electron chi connectivity index (χ2n) is 6.81. The van der Waals surface area contributed by atoms with Crippen LogP contribution in [0.4, 0.5) is 5.69 Å². The Morgan fingerprint density at radius 2 is 1.81 bits per heavy atom. The highest BCUT2D eigenvalue weighted by molar-refractivity contribution is 5.58. The third kappa shape index (κ3) is 3.95. The number of hydrogen-bond donors (Lipinski definition) is 0. The lowest BCUT2D eigenvalue weighted by Crippen LogP contribution is -2.46. The lowest BCUT2D eigenvalue weighted by atomic mass is 10.1. The van der Waals surface area contributed by atoms with Crippen molar-refractivity contribution < 1.29 is 9.15 Å². The van der Waals surface area contributed by atoms with Gasteiger partial charge in [-0.25, -0.2) is 0 Å². The number of aromatic nitrogens is 2. The van der Waals surface area contributed by atoms with Gasteiger partial charge in [0.25, 0.3) is 0 Å². The number of para-hydroxylation sites is 2. The van der Waals surface area contributed by atoms with Crippen molar-refractivity contribution in [1.82, 2.24) is 15.1 Å². The first-order valence-corrected chi connectivity index (χ1v) is 9.22. The monoisotopic (exact) mass is 364 g/mol. The number of anilines is 1. The van der Waals surface area contributed by atoms with Crippen LogP contribution in [0.5, 0.6) is 5.75 Å². The molecule has 1 saturated heterocycles. The van der Waals surface area contributed by atoms with Crippen molar-refractivity contribution >= 4 is 5.69 Å². The summed E-state index contributed by atoms with van der Waals surface area (Å²) in [6, 6.07) is 16.3. The predicted molar refractivity (Wildman–Crippen MR) is 105 cm³/mol. The van der Waals surface area contributed by atoms with E-state index >= 15 is 0 Å². The second-order valence-corrected chi connectivity index (χ2v) is 6.81. The number of piperazine rings is 1. The molecule has 0 saturated carbocycles. The van der Waals surface area contributed by atoms with E-state index in [0.717, 1.165) is 43.2 Å². The number of benzene rings is 2. The smallest absolute Gasteiger partial charge is 0.247 e. The second kappa shape index (κ2) is 7.80. The number of rotatable bonds is 5. The maximum absolute atomic E-state index is 5.88. The Balaban J connectivity index is 1.37. The van der Waals surface area contributed by atoms with Crippen LogP contribution >= 0.6 is 0 Å². The fraction of sp³-hybridized carbons (Fsp3) is 0.333. The number of hydrogen-bond acceptors (Lipinski definition) is 6. The summed E-state index contributed by atoms with van der Waals surface area (Å²) in [5.74, 6) is 2.17. The van der Waals surface area contributed by atoms with Crippen LogP contribution in [0.1, 0.15) is 11.5 Å². The summed E-state index contributed by atoms with van der Waals surface area (Å²) in [5.41, 5.74) is 3.30. The molecule has 0 bridgehead atoms. The van der Waals surface area contributed by atoms with Crippen LogP contribution < -0.4 is 9.64 Å². The minimum Gasteiger partial charge on any atom is -0.495 e. The fourth-order valence-corrected chi connectivity index (χ4v) is 3.44. The average molecular weight is 364 g/mol. The Morgan fingerprint density at radius 3 is 2.59 bits per heavy atom. The topological polar surface area (TPSA) is 54.6 Å². The molecule has 0 N–H and O–H groups in total. The van der Waals surface area contributed by atoms with E-state index in [2.05, 4.69) is 51.2 Å². The Kier molecular flexibility index (Phi) is 5.07. The van der Waals surface area contributed by atoms with Crippen molar-refractivity contribution in [3.63, 3.8) is 0 Å². The Hall–Kier alpha value is -2.86. The summed E-state index contributed by atoms with van der Waals surface area (Å²) >= 11 is 0. The molecular weight excluding hydrogens is 340 g/mol. The van der Waals surface area contributed by atoms with Gasteiger partial charge in [0.2, 0.25) is 11.8 Å². The molecule has 0 radical (unpaired) electrons. The van der Waals surface area contributed by atoms with Crippen LogP contribution in [0.25, 0.3) is 11.5 Å². The number of ether oxygens (including phenoxy) is 1. The Morgan fingerprint density at radius 1 is 1.00 bits per heavy atom. The largest absolute Gasteiger partial charge is 0.495 e.